The Hall–Kier alpha value is -0.640. The highest BCUT2D eigenvalue weighted by Gasteiger charge is 2.28. The average Bonchev–Trinajstić information content (AvgIpc) is 2.30. The zero-order chi connectivity index (χ0) is 13.3. The van der Waals surface area contributed by atoms with Crippen LogP contribution in [0.1, 0.15) is 33.1 Å². The molecule has 18 heavy (non-hydrogen) atoms. The number of hydrogen-bond donors (Lipinski definition) is 1. The molecule has 0 bridgehead atoms. The van der Waals surface area contributed by atoms with Crippen molar-refractivity contribution in [3.8, 4) is 0 Å². The molecule has 0 radical (unpaired) electrons. The van der Waals surface area contributed by atoms with Crippen LogP contribution in [-0.4, -0.2) is 6.04 Å². The number of rotatable bonds is 2. The molecular formula is C14H18BrF2N. The molecule has 1 aromatic carbocycles. The van der Waals surface area contributed by atoms with Gasteiger partial charge in [-0.2, -0.15) is 0 Å². The Labute approximate surface area is 115 Å². The molecule has 1 N–H and O–H groups in total. The van der Waals surface area contributed by atoms with Gasteiger partial charge in [0.25, 0.3) is 0 Å². The lowest BCUT2D eigenvalue weighted by atomic mass is 9.78. The second kappa shape index (κ2) is 5.55. The Morgan fingerprint density at radius 3 is 2.33 bits per heavy atom. The summed E-state index contributed by atoms with van der Waals surface area (Å²) in [5.74, 6) is -0.0718. The molecule has 1 saturated carbocycles. The van der Waals surface area contributed by atoms with Crippen LogP contribution in [0.5, 0.6) is 0 Å². The van der Waals surface area contributed by atoms with Gasteiger partial charge in [-0.05, 0) is 46.7 Å². The van der Waals surface area contributed by atoms with Crippen molar-refractivity contribution in [3.05, 3.63) is 28.2 Å². The summed E-state index contributed by atoms with van der Waals surface area (Å²) in [5, 5.41) is 3.25. The smallest absolute Gasteiger partial charge is 0.149 e. The summed E-state index contributed by atoms with van der Waals surface area (Å²) >= 11 is 3.09. The number of nitrogens with one attached hydrogen (secondary N) is 1. The standard InChI is InChI=1S/C14H18BrF2N/c1-8-4-3-5-9(2)14(8)18-13-6-10(15)11(16)7-12(13)17/h6-9,14,18H,3-5H2,1-2H3. The van der Waals surface area contributed by atoms with Crippen molar-refractivity contribution in [1.82, 2.24) is 0 Å². The van der Waals surface area contributed by atoms with Gasteiger partial charge in [0.15, 0.2) is 0 Å². The Kier molecular flexibility index (Phi) is 4.25. The van der Waals surface area contributed by atoms with Gasteiger partial charge < -0.3 is 5.32 Å². The van der Waals surface area contributed by atoms with Crippen LogP contribution >= 0.6 is 15.9 Å². The van der Waals surface area contributed by atoms with Crippen LogP contribution in [0.3, 0.4) is 0 Å². The predicted molar refractivity (Wildman–Crippen MR) is 73.6 cm³/mol. The van der Waals surface area contributed by atoms with Crippen molar-refractivity contribution in [1.29, 1.82) is 0 Å². The second-order valence-corrected chi connectivity index (χ2v) is 6.16. The van der Waals surface area contributed by atoms with E-state index in [2.05, 4.69) is 35.1 Å². The summed E-state index contributed by atoms with van der Waals surface area (Å²) < 4.78 is 27.2. The molecular weight excluding hydrogens is 300 g/mol. The normalized spacial score (nSPS) is 28.2. The molecule has 0 aliphatic heterocycles. The predicted octanol–water partition coefficient (Wildman–Crippen LogP) is 4.96. The fraction of sp³-hybridized carbons (Fsp3) is 0.571. The fourth-order valence-electron chi connectivity index (χ4n) is 2.78. The maximum Gasteiger partial charge on any atom is 0.149 e. The van der Waals surface area contributed by atoms with E-state index in [0.717, 1.165) is 18.9 Å². The van der Waals surface area contributed by atoms with E-state index in [0.29, 0.717) is 22.0 Å². The molecule has 0 saturated heterocycles. The highest BCUT2D eigenvalue weighted by molar-refractivity contribution is 9.10. The largest absolute Gasteiger partial charge is 0.379 e. The number of anilines is 1. The number of halogens is 3. The minimum Gasteiger partial charge on any atom is -0.379 e. The van der Waals surface area contributed by atoms with Gasteiger partial charge in [0.2, 0.25) is 0 Å². The van der Waals surface area contributed by atoms with E-state index in [4.69, 9.17) is 0 Å². The van der Waals surface area contributed by atoms with Crippen molar-refractivity contribution in [3.63, 3.8) is 0 Å². The first kappa shape index (κ1) is 13.8. The Balaban J connectivity index is 2.20. The summed E-state index contributed by atoms with van der Waals surface area (Å²) in [7, 11) is 0. The fourth-order valence-corrected chi connectivity index (χ4v) is 3.12. The van der Waals surface area contributed by atoms with Gasteiger partial charge in [0.1, 0.15) is 11.6 Å². The molecule has 1 aromatic rings. The van der Waals surface area contributed by atoms with Gasteiger partial charge >= 0.3 is 0 Å². The Morgan fingerprint density at radius 1 is 1.11 bits per heavy atom. The van der Waals surface area contributed by atoms with Crippen molar-refractivity contribution >= 4 is 21.6 Å². The topological polar surface area (TPSA) is 12.0 Å². The molecule has 1 nitrogen and oxygen atoms in total. The van der Waals surface area contributed by atoms with Gasteiger partial charge in [-0.1, -0.05) is 20.3 Å². The molecule has 0 spiro atoms. The highest BCUT2D eigenvalue weighted by Crippen LogP contribution is 2.33. The first-order valence-corrected chi connectivity index (χ1v) is 7.19. The van der Waals surface area contributed by atoms with Gasteiger partial charge in [0.05, 0.1) is 10.2 Å². The SMILES string of the molecule is CC1CCCC(C)C1Nc1cc(Br)c(F)cc1F. The third-order valence-corrected chi connectivity index (χ3v) is 4.48. The summed E-state index contributed by atoms with van der Waals surface area (Å²) in [6, 6.07) is 2.66. The van der Waals surface area contributed by atoms with Crippen LogP contribution in [0.25, 0.3) is 0 Å². The molecule has 2 atom stereocenters. The second-order valence-electron chi connectivity index (χ2n) is 5.30. The molecule has 100 valence electrons. The molecule has 1 aliphatic rings. The van der Waals surface area contributed by atoms with Crippen LogP contribution in [-0.2, 0) is 0 Å². The molecule has 0 heterocycles. The Bertz CT molecular complexity index is 426. The van der Waals surface area contributed by atoms with Crippen LogP contribution < -0.4 is 5.32 Å². The first-order valence-electron chi connectivity index (χ1n) is 6.40. The number of benzene rings is 1. The zero-order valence-corrected chi connectivity index (χ0v) is 12.2. The van der Waals surface area contributed by atoms with Crippen molar-refractivity contribution in [2.75, 3.05) is 5.32 Å². The van der Waals surface area contributed by atoms with Gasteiger partial charge in [-0.15, -0.1) is 0 Å². The summed E-state index contributed by atoms with van der Waals surface area (Å²) in [4.78, 5) is 0. The maximum absolute atomic E-state index is 13.7. The molecule has 0 aromatic heterocycles. The van der Waals surface area contributed by atoms with Crippen LogP contribution in [0.4, 0.5) is 14.5 Å². The third-order valence-electron chi connectivity index (χ3n) is 3.88. The van der Waals surface area contributed by atoms with Gasteiger partial charge in [-0.3, -0.25) is 0 Å². The summed E-state index contributed by atoms with van der Waals surface area (Å²) in [5.41, 5.74) is 0.383. The van der Waals surface area contributed by atoms with Crippen molar-refractivity contribution < 1.29 is 8.78 Å². The van der Waals surface area contributed by atoms with Crippen molar-refractivity contribution in [2.45, 2.75) is 39.2 Å². The minimum atomic E-state index is -0.567. The monoisotopic (exact) mass is 317 g/mol. The summed E-state index contributed by atoms with van der Waals surface area (Å²) in [6.45, 7) is 4.37. The Morgan fingerprint density at radius 2 is 1.72 bits per heavy atom. The molecule has 4 heteroatoms. The van der Waals surface area contributed by atoms with E-state index in [1.165, 1.54) is 12.5 Å². The molecule has 0 amide bonds. The lowest BCUT2D eigenvalue weighted by Crippen LogP contribution is -2.37. The summed E-state index contributed by atoms with van der Waals surface area (Å²) in [6.07, 6.45) is 3.55. The molecule has 2 rings (SSSR count). The van der Waals surface area contributed by atoms with E-state index in [1.807, 2.05) is 0 Å². The van der Waals surface area contributed by atoms with E-state index < -0.39 is 11.6 Å². The van der Waals surface area contributed by atoms with Crippen LogP contribution in [0.2, 0.25) is 0 Å². The molecule has 2 unspecified atom stereocenters. The minimum absolute atomic E-state index is 0.255. The van der Waals surface area contributed by atoms with Gasteiger partial charge in [0, 0.05) is 12.1 Å². The zero-order valence-electron chi connectivity index (χ0n) is 10.6. The maximum atomic E-state index is 13.7. The van der Waals surface area contributed by atoms with E-state index in [1.54, 1.807) is 0 Å². The van der Waals surface area contributed by atoms with Crippen LogP contribution in [0.15, 0.2) is 16.6 Å². The highest BCUT2D eigenvalue weighted by atomic mass is 79.9. The molecule has 1 aliphatic carbocycles. The third kappa shape index (κ3) is 2.85. The quantitative estimate of drug-likeness (QED) is 0.760. The van der Waals surface area contributed by atoms with Crippen molar-refractivity contribution in [2.24, 2.45) is 11.8 Å². The number of hydrogen-bond acceptors (Lipinski definition) is 1. The van der Waals surface area contributed by atoms with E-state index >= 15 is 0 Å². The lowest BCUT2D eigenvalue weighted by Gasteiger charge is -2.36. The van der Waals surface area contributed by atoms with Gasteiger partial charge in [-0.25, -0.2) is 8.78 Å². The average molecular weight is 318 g/mol. The first-order chi connectivity index (χ1) is 8.49. The van der Waals surface area contributed by atoms with Crippen LogP contribution in [0, 0.1) is 23.5 Å². The lowest BCUT2D eigenvalue weighted by molar-refractivity contribution is 0.267. The molecule has 1 fully saturated rings. The van der Waals surface area contributed by atoms with E-state index in [-0.39, 0.29) is 6.04 Å². The van der Waals surface area contributed by atoms with E-state index in [9.17, 15) is 8.78 Å².